The molecule has 0 saturated carbocycles. The Kier molecular flexibility index (Phi) is 6.59. The van der Waals surface area contributed by atoms with E-state index >= 15 is 0 Å². The van der Waals surface area contributed by atoms with E-state index in [0.717, 1.165) is 38.3 Å². The monoisotopic (exact) mass is 283 g/mol. The molecule has 0 aliphatic rings. The average Bonchev–Trinajstić information content (AvgIpc) is 2.99. The Labute approximate surface area is 120 Å². The van der Waals surface area contributed by atoms with Gasteiger partial charge in [0.05, 0.1) is 11.4 Å². The van der Waals surface area contributed by atoms with Crippen molar-refractivity contribution in [1.82, 2.24) is 24.9 Å². The van der Waals surface area contributed by atoms with E-state index in [-0.39, 0.29) is 12.4 Å². The van der Waals surface area contributed by atoms with E-state index in [1.165, 1.54) is 5.69 Å². The van der Waals surface area contributed by atoms with Crippen LogP contribution in [0.5, 0.6) is 0 Å². The summed E-state index contributed by atoms with van der Waals surface area (Å²) >= 11 is 0. The molecule has 0 fully saturated rings. The summed E-state index contributed by atoms with van der Waals surface area (Å²) in [6, 6.07) is 4.12. The fraction of sp³-hybridized carbons (Fsp3) is 0.538. The zero-order valence-corrected chi connectivity index (χ0v) is 12.4. The second-order valence-corrected chi connectivity index (χ2v) is 4.31. The third-order valence-electron chi connectivity index (χ3n) is 2.86. The van der Waals surface area contributed by atoms with Gasteiger partial charge >= 0.3 is 0 Å². The van der Waals surface area contributed by atoms with Crippen molar-refractivity contribution in [3.05, 3.63) is 35.9 Å². The van der Waals surface area contributed by atoms with E-state index in [1.54, 1.807) is 0 Å². The van der Waals surface area contributed by atoms with Crippen molar-refractivity contribution in [3.63, 3.8) is 0 Å². The predicted molar refractivity (Wildman–Crippen MR) is 78.2 cm³/mol. The van der Waals surface area contributed by atoms with Crippen LogP contribution in [0.1, 0.15) is 31.7 Å². The van der Waals surface area contributed by atoms with Gasteiger partial charge in [-0.15, -0.1) is 12.4 Å². The molecular weight excluding hydrogens is 262 g/mol. The molecule has 6 heteroatoms. The first-order chi connectivity index (χ1) is 8.83. The maximum absolute atomic E-state index is 4.49. The van der Waals surface area contributed by atoms with Crippen LogP contribution in [0.3, 0.4) is 0 Å². The highest BCUT2D eigenvalue weighted by atomic mass is 35.5. The lowest BCUT2D eigenvalue weighted by Gasteiger charge is -2.05. The Morgan fingerprint density at radius 3 is 2.79 bits per heavy atom. The number of nitrogens with zero attached hydrogens (tertiary/aromatic N) is 4. The zero-order valence-electron chi connectivity index (χ0n) is 11.5. The number of aromatic nitrogens is 4. The molecule has 0 radical (unpaired) electrons. The number of rotatable bonds is 7. The Balaban J connectivity index is 0.00000180. The van der Waals surface area contributed by atoms with Crippen molar-refractivity contribution in [1.29, 1.82) is 0 Å². The largest absolute Gasteiger partial charge is 0.305 e. The van der Waals surface area contributed by atoms with Gasteiger partial charge < -0.3 is 5.32 Å². The Morgan fingerprint density at radius 2 is 2.05 bits per heavy atom. The minimum atomic E-state index is 0. The van der Waals surface area contributed by atoms with Crippen LogP contribution in [0.15, 0.2) is 24.5 Å². The van der Waals surface area contributed by atoms with Crippen LogP contribution in [0, 0.1) is 0 Å². The van der Waals surface area contributed by atoms with Crippen LogP contribution in [0.25, 0.3) is 0 Å². The van der Waals surface area contributed by atoms with E-state index in [4.69, 9.17) is 0 Å². The second-order valence-electron chi connectivity index (χ2n) is 4.31. The number of hydrogen-bond acceptors (Lipinski definition) is 3. The van der Waals surface area contributed by atoms with Crippen LogP contribution in [0.2, 0.25) is 0 Å². The van der Waals surface area contributed by atoms with Gasteiger partial charge in [0.2, 0.25) is 0 Å². The second kappa shape index (κ2) is 7.96. The van der Waals surface area contributed by atoms with Gasteiger partial charge in [-0.05, 0) is 25.5 Å². The number of aryl methyl sites for hydroxylation is 2. The molecule has 0 bridgehead atoms. The van der Waals surface area contributed by atoms with Crippen LogP contribution in [-0.2, 0) is 26.2 Å². The first-order valence-electron chi connectivity index (χ1n) is 6.57. The SMILES string of the molecule is CCCn1ccc(CNCc2ccnn2CC)n1.Cl. The molecule has 2 heterocycles. The lowest BCUT2D eigenvalue weighted by atomic mass is 10.4. The maximum Gasteiger partial charge on any atom is 0.0762 e. The van der Waals surface area contributed by atoms with Crippen molar-refractivity contribution < 1.29 is 0 Å². The van der Waals surface area contributed by atoms with E-state index in [9.17, 15) is 0 Å². The standard InChI is InChI=1S/C13H21N5.ClH/c1-3-8-17-9-6-12(16-17)10-14-11-13-5-7-15-18(13)4-2;/h5-7,9,14H,3-4,8,10-11H2,1-2H3;1H. The molecule has 0 aliphatic heterocycles. The highest BCUT2D eigenvalue weighted by molar-refractivity contribution is 5.85. The summed E-state index contributed by atoms with van der Waals surface area (Å²) in [6.45, 7) is 7.78. The molecule has 0 amide bonds. The lowest BCUT2D eigenvalue weighted by Crippen LogP contribution is -2.16. The summed E-state index contributed by atoms with van der Waals surface area (Å²) < 4.78 is 4.00. The summed E-state index contributed by atoms with van der Waals surface area (Å²) in [5, 5.41) is 12.1. The van der Waals surface area contributed by atoms with Gasteiger partial charge in [-0.1, -0.05) is 6.92 Å². The molecule has 5 nitrogen and oxygen atoms in total. The van der Waals surface area contributed by atoms with Crippen molar-refractivity contribution in [3.8, 4) is 0 Å². The Morgan fingerprint density at radius 1 is 1.21 bits per heavy atom. The molecule has 106 valence electrons. The van der Waals surface area contributed by atoms with Crippen molar-refractivity contribution >= 4 is 12.4 Å². The quantitative estimate of drug-likeness (QED) is 0.848. The Bertz CT molecular complexity index is 477. The van der Waals surface area contributed by atoms with Gasteiger partial charge in [0.25, 0.3) is 0 Å². The van der Waals surface area contributed by atoms with Gasteiger partial charge in [-0.3, -0.25) is 9.36 Å². The molecule has 19 heavy (non-hydrogen) atoms. The third-order valence-corrected chi connectivity index (χ3v) is 2.86. The van der Waals surface area contributed by atoms with E-state index in [1.807, 2.05) is 27.8 Å². The van der Waals surface area contributed by atoms with Crippen molar-refractivity contribution in [2.75, 3.05) is 0 Å². The third kappa shape index (κ3) is 4.36. The minimum absolute atomic E-state index is 0. The minimum Gasteiger partial charge on any atom is -0.305 e. The molecule has 0 saturated heterocycles. The van der Waals surface area contributed by atoms with Crippen LogP contribution >= 0.6 is 12.4 Å². The number of halogens is 1. The predicted octanol–water partition coefficient (Wildman–Crippen LogP) is 2.22. The van der Waals surface area contributed by atoms with E-state index in [2.05, 4.69) is 35.4 Å². The summed E-state index contributed by atoms with van der Waals surface area (Å²) in [5.41, 5.74) is 2.30. The summed E-state index contributed by atoms with van der Waals surface area (Å²) in [7, 11) is 0. The van der Waals surface area contributed by atoms with Crippen molar-refractivity contribution in [2.45, 2.75) is 46.4 Å². The van der Waals surface area contributed by atoms with E-state index in [0.29, 0.717) is 0 Å². The maximum atomic E-state index is 4.49. The highest BCUT2D eigenvalue weighted by Gasteiger charge is 2.01. The van der Waals surface area contributed by atoms with Gasteiger partial charge in [0.1, 0.15) is 0 Å². The van der Waals surface area contributed by atoms with Gasteiger partial charge in [-0.25, -0.2) is 0 Å². The molecule has 1 N–H and O–H groups in total. The molecule has 0 atom stereocenters. The first kappa shape index (κ1) is 15.7. The fourth-order valence-electron chi connectivity index (χ4n) is 1.97. The average molecular weight is 284 g/mol. The topological polar surface area (TPSA) is 47.7 Å². The molecule has 0 unspecified atom stereocenters. The zero-order chi connectivity index (χ0) is 12.8. The fourth-order valence-corrected chi connectivity index (χ4v) is 1.97. The number of hydrogen-bond donors (Lipinski definition) is 1. The molecule has 0 aliphatic carbocycles. The molecule has 0 spiro atoms. The summed E-state index contributed by atoms with van der Waals surface area (Å²) in [5.74, 6) is 0. The van der Waals surface area contributed by atoms with Crippen LogP contribution < -0.4 is 5.32 Å². The molecule has 2 rings (SSSR count). The van der Waals surface area contributed by atoms with Crippen LogP contribution in [-0.4, -0.2) is 19.6 Å². The molecule has 2 aromatic heterocycles. The Hall–Kier alpha value is -1.33. The molecule has 2 aromatic rings. The lowest BCUT2D eigenvalue weighted by molar-refractivity contribution is 0.562. The summed E-state index contributed by atoms with van der Waals surface area (Å²) in [4.78, 5) is 0. The normalized spacial score (nSPS) is 10.4. The van der Waals surface area contributed by atoms with Crippen LogP contribution in [0.4, 0.5) is 0 Å². The molecular formula is C13H22ClN5. The summed E-state index contributed by atoms with van der Waals surface area (Å²) in [6.07, 6.45) is 5.00. The van der Waals surface area contributed by atoms with Gasteiger partial charge in [0.15, 0.2) is 0 Å². The van der Waals surface area contributed by atoms with Gasteiger partial charge in [-0.2, -0.15) is 10.2 Å². The van der Waals surface area contributed by atoms with Gasteiger partial charge in [0, 0.05) is 38.6 Å². The van der Waals surface area contributed by atoms with E-state index < -0.39 is 0 Å². The number of nitrogens with one attached hydrogen (secondary N) is 1. The smallest absolute Gasteiger partial charge is 0.0762 e. The van der Waals surface area contributed by atoms with Crippen molar-refractivity contribution in [2.24, 2.45) is 0 Å². The molecule has 0 aromatic carbocycles. The highest BCUT2D eigenvalue weighted by Crippen LogP contribution is 2.00. The first-order valence-corrected chi connectivity index (χ1v) is 6.57.